The second-order valence-electron chi connectivity index (χ2n) is 21.1. The van der Waals surface area contributed by atoms with E-state index >= 15 is 0 Å². The fourth-order valence-electron chi connectivity index (χ4n) is 11.6. The van der Waals surface area contributed by atoms with Crippen LogP contribution in [0.2, 0.25) is 0 Å². The molecule has 0 amide bonds. The molecule has 0 aromatic heterocycles. The van der Waals surface area contributed by atoms with Gasteiger partial charge in [0.05, 0.1) is 26.4 Å². The van der Waals surface area contributed by atoms with E-state index in [1.54, 1.807) is 28.1 Å². The summed E-state index contributed by atoms with van der Waals surface area (Å²) < 4.78 is 24.1. The summed E-state index contributed by atoms with van der Waals surface area (Å²) in [7, 11) is 3.10. The summed E-state index contributed by atoms with van der Waals surface area (Å²) in [5.41, 5.74) is 7.09. The first kappa shape index (κ1) is 53.3. The van der Waals surface area contributed by atoms with Gasteiger partial charge < -0.3 is 39.4 Å². The summed E-state index contributed by atoms with van der Waals surface area (Å²) in [6.45, 7) is 15.6. The molecule has 70 heavy (non-hydrogen) atoms. The second kappa shape index (κ2) is 23.4. The third-order valence-corrected chi connectivity index (χ3v) is 15.8. The Balaban J connectivity index is 0.000000206. The van der Waals surface area contributed by atoms with Gasteiger partial charge >= 0.3 is 11.9 Å². The van der Waals surface area contributed by atoms with Gasteiger partial charge in [-0.3, -0.25) is 9.80 Å². The molecule has 4 heterocycles. The lowest BCUT2D eigenvalue weighted by Gasteiger charge is -2.47. The molecule has 2 fully saturated rings. The van der Waals surface area contributed by atoms with Gasteiger partial charge in [0.2, 0.25) is 0 Å². The molecule has 8 atom stereocenters. The molecule has 4 aromatic rings. The van der Waals surface area contributed by atoms with Crippen LogP contribution in [0.3, 0.4) is 0 Å². The van der Waals surface area contributed by atoms with Crippen LogP contribution in [-0.2, 0) is 79.0 Å². The van der Waals surface area contributed by atoms with Crippen LogP contribution in [0.5, 0.6) is 0 Å². The van der Waals surface area contributed by atoms with E-state index in [-0.39, 0.29) is 74.5 Å². The lowest BCUT2D eigenvalue weighted by Crippen LogP contribution is -2.51. The average Bonchev–Trinajstić information content (AvgIpc) is 3.37. The number of aliphatic hydroxyl groups is 4. The smallest absolute Gasteiger partial charge is 0.343 e. The molecule has 0 aliphatic carbocycles. The fourth-order valence-corrected chi connectivity index (χ4v) is 11.6. The second-order valence-corrected chi connectivity index (χ2v) is 21.1. The number of rotatable bonds is 16. The first-order valence-corrected chi connectivity index (χ1v) is 25.4. The number of ether oxygens (including phenoxy) is 4. The number of carbonyl (C=O) groups is 2. The lowest BCUT2D eigenvalue weighted by atomic mass is 9.78. The van der Waals surface area contributed by atoms with Crippen molar-refractivity contribution < 1.29 is 49.0 Å². The highest BCUT2D eigenvalue weighted by molar-refractivity contribution is 5.81. The molecule has 4 N–H and O–H groups in total. The zero-order valence-electron chi connectivity index (χ0n) is 42.7. The number of carbonyl (C=O) groups excluding carboxylic acids is 2. The van der Waals surface area contributed by atoms with Crippen LogP contribution >= 0.6 is 0 Å². The van der Waals surface area contributed by atoms with Crippen molar-refractivity contribution in [3.63, 3.8) is 0 Å². The van der Waals surface area contributed by atoms with Crippen molar-refractivity contribution in [3.05, 3.63) is 141 Å². The number of hydrogen-bond donors (Lipinski definition) is 4. The molecule has 2 saturated heterocycles. The van der Waals surface area contributed by atoms with Gasteiger partial charge in [-0.05, 0) is 107 Å². The van der Waals surface area contributed by atoms with Gasteiger partial charge in [0.25, 0.3) is 0 Å². The van der Waals surface area contributed by atoms with Crippen molar-refractivity contribution in [2.75, 3.05) is 40.4 Å². The number of benzene rings is 4. The predicted molar refractivity (Wildman–Crippen MR) is 269 cm³/mol. The van der Waals surface area contributed by atoms with Crippen LogP contribution < -0.4 is 0 Å². The molecule has 4 aromatic carbocycles. The Bertz CT molecular complexity index is 2210. The molecule has 0 bridgehead atoms. The summed E-state index contributed by atoms with van der Waals surface area (Å²) >= 11 is 0. The molecule has 0 radical (unpaired) electrons. The van der Waals surface area contributed by atoms with Crippen molar-refractivity contribution >= 4 is 11.9 Å². The van der Waals surface area contributed by atoms with Crippen molar-refractivity contribution in [3.8, 4) is 0 Å². The molecule has 0 saturated carbocycles. The number of aliphatic hydroxyl groups excluding tert-OH is 4. The monoisotopic (exact) mass is 963 g/mol. The van der Waals surface area contributed by atoms with Crippen LogP contribution in [0.25, 0.3) is 0 Å². The highest BCUT2D eigenvalue weighted by Gasteiger charge is 2.47. The minimum absolute atomic E-state index is 0.0800. The molecule has 8 rings (SSSR count). The zero-order chi connectivity index (χ0) is 50.3. The van der Waals surface area contributed by atoms with E-state index in [0.717, 1.165) is 85.2 Å². The van der Waals surface area contributed by atoms with Gasteiger partial charge in [-0.2, -0.15) is 0 Å². The number of esters is 2. The Morgan fingerprint density at radius 1 is 0.571 bits per heavy atom. The van der Waals surface area contributed by atoms with Gasteiger partial charge in [0.15, 0.2) is 11.2 Å². The maximum absolute atomic E-state index is 13.6. The zero-order valence-corrected chi connectivity index (χ0v) is 42.7. The third-order valence-electron chi connectivity index (χ3n) is 15.8. The minimum atomic E-state index is -1.18. The number of hydrogen-bond acceptors (Lipinski definition) is 12. The third kappa shape index (κ3) is 11.4. The van der Waals surface area contributed by atoms with Crippen molar-refractivity contribution in [1.29, 1.82) is 0 Å². The lowest BCUT2D eigenvalue weighted by molar-refractivity contribution is -0.182. The van der Waals surface area contributed by atoms with Crippen LogP contribution in [-0.4, -0.2) is 94.8 Å². The molecular formula is C58H78N2O10. The summed E-state index contributed by atoms with van der Waals surface area (Å²) in [5, 5.41) is 39.2. The number of piperidine rings is 2. The Hall–Kier alpha value is -4.50. The Morgan fingerprint density at radius 3 is 1.23 bits per heavy atom. The van der Waals surface area contributed by atoms with E-state index in [0.29, 0.717) is 24.7 Å². The molecule has 0 unspecified atom stereocenters. The van der Waals surface area contributed by atoms with E-state index in [2.05, 4.69) is 37.5 Å². The maximum atomic E-state index is 13.6. The molecule has 4 aliphatic heterocycles. The SMILES string of the molecule is CO[C@@](C)(C(=O)O[C@@H]1C[C@H]2c3cc(CO)c(CO)cc3CCN2C[C@H]1CC(C)C)c1ccccc1.CO[C@@](C)(C(=O)O[C@H]1C[C@@H]2c3cc(CO)c(CO)cc3CCN2C[C@@H]1CC(C)C)c1ccccc1. The van der Waals surface area contributed by atoms with Crippen LogP contribution in [0.4, 0.5) is 0 Å². The van der Waals surface area contributed by atoms with Crippen molar-refractivity contribution in [1.82, 2.24) is 9.80 Å². The quantitative estimate of drug-likeness (QED) is 0.0800. The van der Waals surface area contributed by atoms with Gasteiger partial charge in [0.1, 0.15) is 12.2 Å². The van der Waals surface area contributed by atoms with E-state index in [1.807, 2.05) is 84.9 Å². The van der Waals surface area contributed by atoms with Gasteiger partial charge in [-0.1, -0.05) is 113 Å². The largest absolute Gasteiger partial charge is 0.460 e. The summed E-state index contributed by atoms with van der Waals surface area (Å²) in [5.74, 6) is 0.740. The maximum Gasteiger partial charge on any atom is 0.343 e. The standard InChI is InChI=1S/2C29H39NO5/c2*1-19(2)12-21-16-30-11-10-20-13-22(17-31)23(18-32)14-25(20)26(30)15-27(21)35-28(33)29(3,34-4)24-8-6-5-7-9-24/h2*5-9,13-14,19,21,26-27,31-32H,10-12,15-18H2,1-4H3/t21-,26+,27-,29+;21-,26+,27-,29-/m01/s1. The first-order chi connectivity index (χ1) is 33.6. The van der Waals surface area contributed by atoms with E-state index in [9.17, 15) is 30.0 Å². The Morgan fingerprint density at radius 2 is 0.914 bits per heavy atom. The molecule has 12 heteroatoms. The van der Waals surface area contributed by atoms with Crippen molar-refractivity contribution in [2.45, 2.75) is 142 Å². The normalized spacial score (nSPS) is 23.9. The van der Waals surface area contributed by atoms with E-state index in [4.69, 9.17) is 18.9 Å². The van der Waals surface area contributed by atoms with Crippen LogP contribution in [0.15, 0.2) is 84.9 Å². The molecule has 12 nitrogen and oxygen atoms in total. The van der Waals surface area contributed by atoms with Gasteiger partial charge in [0, 0.05) is 77.2 Å². The molecule has 380 valence electrons. The summed E-state index contributed by atoms with van der Waals surface area (Å²) in [4.78, 5) is 32.1. The first-order valence-electron chi connectivity index (χ1n) is 25.4. The Labute approximate surface area is 415 Å². The van der Waals surface area contributed by atoms with Crippen LogP contribution in [0, 0.1) is 23.7 Å². The predicted octanol–water partition coefficient (Wildman–Crippen LogP) is 8.22. The molecular weight excluding hydrogens is 885 g/mol. The van der Waals surface area contributed by atoms with Gasteiger partial charge in [-0.15, -0.1) is 0 Å². The highest BCUT2D eigenvalue weighted by Crippen LogP contribution is 2.45. The molecule has 0 spiro atoms. The number of fused-ring (bicyclic) bond motifs is 6. The molecule has 4 aliphatic rings. The van der Waals surface area contributed by atoms with E-state index < -0.39 is 11.2 Å². The van der Waals surface area contributed by atoms with Gasteiger partial charge in [-0.25, -0.2) is 9.59 Å². The topological polar surface area (TPSA) is 158 Å². The minimum Gasteiger partial charge on any atom is -0.460 e. The fraction of sp³-hybridized carbons (Fsp3) is 0.552. The summed E-state index contributed by atoms with van der Waals surface area (Å²) in [6.07, 6.45) is 4.74. The number of nitrogens with zero attached hydrogens (tertiary/aromatic N) is 2. The summed E-state index contributed by atoms with van der Waals surface area (Å²) in [6, 6.07) is 27.4. The Kier molecular flexibility index (Phi) is 17.8. The average molecular weight is 963 g/mol. The van der Waals surface area contributed by atoms with E-state index in [1.165, 1.54) is 22.3 Å². The van der Waals surface area contributed by atoms with Crippen LogP contribution in [0.1, 0.15) is 135 Å². The number of methoxy groups -OCH3 is 2. The highest BCUT2D eigenvalue weighted by atomic mass is 16.6. The van der Waals surface area contributed by atoms with Crippen molar-refractivity contribution in [2.24, 2.45) is 23.7 Å².